The largest absolute Gasteiger partial charge is 0.508 e. The van der Waals surface area contributed by atoms with E-state index in [1.54, 1.807) is 98.0 Å². The fraction of sp³-hybridized carbons (Fsp3) is 0.473. The van der Waals surface area contributed by atoms with E-state index >= 15 is 56.7 Å². The van der Waals surface area contributed by atoms with Crippen LogP contribution in [0.2, 0.25) is 0 Å². The number of carbonyl (C=O) groups excluding carboxylic acids is 16. The topological polar surface area (TPSA) is 564 Å². The molecule has 136 heavy (non-hydrogen) atoms. The van der Waals surface area contributed by atoms with Gasteiger partial charge in [-0.2, -0.15) is 0 Å². The number of ether oxygens (including phenoxy) is 1. The molecule has 3 fully saturated rings. The van der Waals surface area contributed by atoms with Crippen LogP contribution in [-0.2, 0) is 118 Å². The Kier molecular flexibility index (Phi) is 40.0. The van der Waals surface area contributed by atoms with Crippen LogP contribution in [0.4, 0.5) is 13.2 Å². The standard InChI is InChI=1S/C93H119F3N18O21S/c1-7-8-26-71-92(133)114-47-59(117)43-73(114)87(128)107-69(48-135-51-115)85(126)109-80(52(2)3)93(134)111(5)72(40-53-19-11-9-12-20-53)86(127)104-65(31-32-78(120)121)90(131)113-35-34-99-45-75(113)88(129)106-67(42-57-44-100-63-24-16-15-23-60(57)63)84(125)105-66(38-55-27-29-58(116)30-28-55)83(124)103-64(25-17-18-33-97)82(123)108-70(81(122)101-46-76(98)118)49-136-50-77(119)102-68(39-56-36-61(94)79(96)62(95)37-56)89(130)112(6)74(91(132)110(71)4)41-54-21-13-10-14-22-54/h9-16,19-24,27-30,36-37,44,51-52,59,64-75,80,99-100,116-117H,7-8,17-18,25-26,31-35,38-43,45-50,97H2,1-6H3,(H2,98,118)(H,101,122)(H,102,119)(H,103,124)(H,104,127)(H,105,125)(H,106,129)(H,107,128)(H,108,123)(H,109,126)(H,120,121)/t59-,64+,65+,66+,67+,68+,69+,70+,71+,72+,73-,74+,75-,80+/m1/s1. The molecule has 0 saturated carbocycles. The Labute approximate surface area is 787 Å². The first-order valence-corrected chi connectivity index (χ1v) is 45.9. The third kappa shape index (κ3) is 29.7. The molecular weight excluding hydrogens is 1790 g/mol. The second-order valence-electron chi connectivity index (χ2n) is 34.1. The molecule has 0 radical (unpaired) electrons. The van der Waals surface area contributed by atoms with E-state index in [2.05, 4.69) is 58.2 Å². The van der Waals surface area contributed by atoms with E-state index in [4.69, 9.17) is 16.2 Å². The number of aliphatic carboxylic acids is 1. The van der Waals surface area contributed by atoms with Gasteiger partial charge < -0.3 is 114 Å². The third-order valence-corrected chi connectivity index (χ3v) is 24.9. The summed E-state index contributed by atoms with van der Waals surface area (Å²) < 4.78 is 50.2. The molecule has 5 aromatic carbocycles. The van der Waals surface area contributed by atoms with Gasteiger partial charge in [-0.25, -0.2) is 13.2 Å². The molecule has 4 heterocycles. The van der Waals surface area contributed by atoms with Crippen LogP contribution in [-0.4, -0.2) is 309 Å². The lowest BCUT2D eigenvalue weighted by Gasteiger charge is -2.38. The number of amides is 15. The number of carboxylic acids is 1. The smallest absolute Gasteiger partial charge is 0.303 e. The molecule has 18 N–H and O–H groups in total. The van der Waals surface area contributed by atoms with E-state index in [1.807, 2.05) is 0 Å². The van der Waals surface area contributed by atoms with Crippen LogP contribution in [0, 0.1) is 23.4 Å². The number of rotatable bonds is 27. The number of hydrogen-bond acceptors (Lipinski definition) is 23. The van der Waals surface area contributed by atoms with Crippen LogP contribution in [0.1, 0.15) is 106 Å². The number of aromatic hydroxyl groups is 1. The zero-order chi connectivity index (χ0) is 99.1. The average molecular weight is 1910 g/mol. The van der Waals surface area contributed by atoms with Crippen LogP contribution in [0.5, 0.6) is 5.75 Å². The molecule has 9 rings (SSSR count). The normalized spacial score (nSPS) is 23.9. The molecule has 0 spiro atoms. The van der Waals surface area contributed by atoms with Crippen LogP contribution in [0.25, 0.3) is 10.9 Å². The van der Waals surface area contributed by atoms with Gasteiger partial charge in [0.1, 0.15) is 90.9 Å². The van der Waals surface area contributed by atoms with E-state index in [-0.39, 0.29) is 102 Å². The van der Waals surface area contributed by atoms with Gasteiger partial charge in [-0.1, -0.05) is 125 Å². The summed E-state index contributed by atoms with van der Waals surface area (Å²) in [5.74, 6) is -24.5. The van der Waals surface area contributed by atoms with Crippen LogP contribution < -0.4 is 64.6 Å². The van der Waals surface area contributed by atoms with Crippen molar-refractivity contribution in [3.8, 4) is 5.75 Å². The van der Waals surface area contributed by atoms with Gasteiger partial charge in [-0.15, -0.1) is 11.8 Å². The van der Waals surface area contributed by atoms with Crippen molar-refractivity contribution in [1.29, 1.82) is 0 Å². The Balaban J connectivity index is 1.15. The number of nitrogens with two attached hydrogens (primary N) is 2. The summed E-state index contributed by atoms with van der Waals surface area (Å²) in [7, 11) is 3.63. The Hall–Kier alpha value is -13.6. The molecule has 39 nitrogen and oxygen atoms in total. The lowest BCUT2D eigenvalue weighted by atomic mass is 9.98. The first-order chi connectivity index (χ1) is 64.9. The second kappa shape index (κ2) is 51.2. The number of fused-ring (bicyclic) bond motifs is 3. The molecule has 3 aliphatic heterocycles. The number of likely N-dealkylation sites (N-methyl/N-ethyl adjacent to an activating group) is 3. The number of aromatic amines is 1. The highest BCUT2D eigenvalue weighted by atomic mass is 32.2. The van der Waals surface area contributed by atoms with Crippen molar-refractivity contribution in [3.63, 3.8) is 0 Å². The quantitative estimate of drug-likeness (QED) is 0.0172. The lowest BCUT2D eigenvalue weighted by molar-refractivity contribution is -0.152. The summed E-state index contributed by atoms with van der Waals surface area (Å²) in [5.41, 5.74) is 13.3. The minimum absolute atomic E-state index is 0.0249. The first kappa shape index (κ1) is 106. The summed E-state index contributed by atoms with van der Waals surface area (Å²) in [5, 5.41) is 59.1. The predicted octanol–water partition coefficient (Wildman–Crippen LogP) is -0.713. The number of aliphatic hydroxyl groups is 1. The summed E-state index contributed by atoms with van der Waals surface area (Å²) in [6.07, 6.45) is -3.13. The zero-order valence-electron chi connectivity index (χ0n) is 76.2. The summed E-state index contributed by atoms with van der Waals surface area (Å²) in [4.78, 5) is 258. The maximum Gasteiger partial charge on any atom is 0.303 e. The number of nitrogens with zero attached hydrogens (tertiary/aromatic N) is 5. The van der Waals surface area contributed by atoms with Gasteiger partial charge in [0.05, 0.1) is 18.4 Å². The molecule has 0 aliphatic carbocycles. The van der Waals surface area contributed by atoms with Crippen LogP contribution in [0.3, 0.4) is 0 Å². The van der Waals surface area contributed by atoms with E-state index in [0.717, 1.165) is 31.5 Å². The highest BCUT2D eigenvalue weighted by Gasteiger charge is 2.48. The number of para-hydroxylation sites is 1. The molecule has 43 heteroatoms. The van der Waals surface area contributed by atoms with Crippen molar-refractivity contribution in [3.05, 3.63) is 173 Å². The van der Waals surface area contributed by atoms with Crippen molar-refractivity contribution in [1.82, 2.24) is 82.7 Å². The zero-order valence-corrected chi connectivity index (χ0v) is 77.1. The molecule has 0 unspecified atom stereocenters. The van der Waals surface area contributed by atoms with Crippen LogP contribution in [0.15, 0.2) is 128 Å². The van der Waals surface area contributed by atoms with Crippen molar-refractivity contribution in [2.75, 3.05) is 78.5 Å². The third-order valence-electron chi connectivity index (χ3n) is 23.9. The number of carboxylic acid groups (broad SMARTS) is 1. The number of phenols is 1. The molecule has 734 valence electrons. The van der Waals surface area contributed by atoms with Crippen LogP contribution >= 0.6 is 11.8 Å². The van der Waals surface area contributed by atoms with Gasteiger partial charge in [0, 0.05) is 115 Å². The molecule has 3 aliphatic rings. The molecule has 0 bridgehead atoms. The maximum absolute atomic E-state index is 15.7. The maximum atomic E-state index is 15.7. The van der Waals surface area contributed by atoms with Crippen molar-refractivity contribution >= 4 is 124 Å². The number of H-pyrrole nitrogens is 1. The van der Waals surface area contributed by atoms with Gasteiger partial charge in [0.15, 0.2) is 17.5 Å². The van der Waals surface area contributed by atoms with E-state index < -0.39 is 259 Å². The van der Waals surface area contributed by atoms with Gasteiger partial charge in [-0.3, -0.25) is 81.5 Å². The van der Waals surface area contributed by atoms with Gasteiger partial charge in [-0.05, 0) is 103 Å². The lowest BCUT2D eigenvalue weighted by Crippen LogP contribution is -2.65. The highest BCUT2D eigenvalue weighted by Crippen LogP contribution is 2.28. The number of unbranched alkanes of at least 4 members (excludes halogenated alkanes) is 2. The minimum Gasteiger partial charge on any atom is -0.508 e. The Morgan fingerprint density at radius 1 is 0.574 bits per heavy atom. The molecule has 3 saturated heterocycles. The molecular formula is C93H119F3N18O21S. The van der Waals surface area contributed by atoms with E-state index in [0.29, 0.717) is 63.5 Å². The SMILES string of the molecule is CCCC[C@H]1C(=O)N2C[C@H](O)C[C@@H]2C(=O)N[C@@H](COC=O)C(=O)N[C@@H](C(C)C)C(=O)N(C)[C@@H](Cc2ccccc2)C(=O)N[C@@H](CCC(=O)O)C(=O)N2CCNC[C@@H]2C(=O)N[C@@H](Cc2c[nH]c3ccccc23)C(=O)N[C@@H](Cc2ccc(O)cc2)C(=O)N[C@@H](CCCCN)C(=O)N[C@H](C(=O)NCC(N)=O)CSCC(=O)N[C@@H](Cc2cc(F)c(F)c(F)c2)C(=O)N(C)[C@@H](Cc2ccccc2)C(=O)N1C. The molecule has 6 aromatic rings. The number of benzene rings is 5. The number of phenolic OH excluding ortho intramolecular Hbond substituents is 1. The first-order valence-electron chi connectivity index (χ1n) is 44.8. The summed E-state index contributed by atoms with van der Waals surface area (Å²) in [6, 6.07) is 7.93. The Morgan fingerprint density at radius 3 is 1.77 bits per heavy atom. The van der Waals surface area contributed by atoms with Gasteiger partial charge >= 0.3 is 5.97 Å². The molecule has 14 atom stereocenters. The Morgan fingerprint density at radius 2 is 1.14 bits per heavy atom. The average Bonchev–Trinajstić information content (AvgIpc) is 1.66. The summed E-state index contributed by atoms with van der Waals surface area (Å²) in [6.45, 7) is 2.07. The minimum atomic E-state index is -1.91. The second-order valence-corrected chi connectivity index (χ2v) is 35.2. The number of aromatic nitrogens is 1. The highest BCUT2D eigenvalue weighted by molar-refractivity contribution is 8.00. The fourth-order valence-corrected chi connectivity index (χ4v) is 17.2. The fourth-order valence-electron chi connectivity index (χ4n) is 16.4. The number of hydrogen-bond donors (Lipinski definition) is 16. The number of nitrogens with one attached hydrogen (secondary N) is 11. The van der Waals surface area contributed by atoms with Crippen molar-refractivity contribution in [2.24, 2.45) is 17.4 Å². The number of thioether (sulfide) groups is 1. The number of primary amides is 1. The van der Waals surface area contributed by atoms with Crippen molar-refractivity contribution in [2.45, 2.75) is 195 Å². The predicted molar refractivity (Wildman–Crippen MR) is 489 cm³/mol. The number of piperazine rings is 1. The number of carbonyl (C=O) groups is 17. The van der Waals surface area contributed by atoms with E-state index in [1.165, 1.54) is 52.2 Å². The van der Waals surface area contributed by atoms with Crippen molar-refractivity contribution < 1.29 is 115 Å². The van der Waals surface area contributed by atoms with Gasteiger partial charge in [0.25, 0.3) is 6.47 Å². The molecule has 1 aromatic heterocycles. The number of aliphatic hydroxyl groups excluding tert-OH is 1. The monoisotopic (exact) mass is 1910 g/mol. The Bertz CT molecular complexity index is 5220. The van der Waals surface area contributed by atoms with Gasteiger partial charge in [0.2, 0.25) is 88.6 Å². The van der Waals surface area contributed by atoms with E-state index in [9.17, 15) is 53.3 Å². The summed E-state index contributed by atoms with van der Waals surface area (Å²) >= 11 is 0.647. The number of halogens is 3. The molecule has 15 amide bonds.